The van der Waals surface area contributed by atoms with Crippen LogP contribution in [0.2, 0.25) is 0 Å². The molecular formula is C22H24F3N3O4S. The van der Waals surface area contributed by atoms with Gasteiger partial charge in [0.05, 0.1) is 4.90 Å². The first kappa shape index (κ1) is 24.6. The van der Waals surface area contributed by atoms with Gasteiger partial charge >= 0.3 is 6.18 Å². The van der Waals surface area contributed by atoms with Crippen molar-refractivity contribution in [2.24, 2.45) is 4.99 Å². The molecule has 0 bridgehead atoms. The van der Waals surface area contributed by atoms with Gasteiger partial charge in [-0.05, 0) is 42.7 Å². The van der Waals surface area contributed by atoms with Crippen molar-refractivity contribution in [3.05, 3.63) is 59.7 Å². The summed E-state index contributed by atoms with van der Waals surface area (Å²) in [6.45, 7) is -0.749. The van der Waals surface area contributed by atoms with E-state index in [-0.39, 0.29) is 23.1 Å². The van der Waals surface area contributed by atoms with Crippen LogP contribution in [0.3, 0.4) is 0 Å². The summed E-state index contributed by atoms with van der Waals surface area (Å²) < 4.78 is 68.0. The number of alkyl halides is 3. The lowest BCUT2D eigenvalue weighted by atomic mass is 10.1. The van der Waals surface area contributed by atoms with E-state index in [0.717, 1.165) is 6.42 Å². The molecular weight excluding hydrogens is 459 g/mol. The second-order valence-corrected chi connectivity index (χ2v) is 9.12. The Kier molecular flexibility index (Phi) is 7.96. The van der Waals surface area contributed by atoms with Crippen LogP contribution in [0.5, 0.6) is 5.75 Å². The van der Waals surface area contributed by atoms with E-state index < -0.39 is 22.8 Å². The fourth-order valence-electron chi connectivity index (χ4n) is 3.22. The number of carbonyl (C=O) groups is 1. The van der Waals surface area contributed by atoms with Gasteiger partial charge in [0.15, 0.2) is 6.61 Å². The SMILES string of the molecule is O=C(CCCCCN=C1NS(=O)(=O)c2ccccc21)NCc1cccc(OCC(F)(F)F)c1. The van der Waals surface area contributed by atoms with Crippen molar-refractivity contribution in [1.29, 1.82) is 0 Å². The topological polar surface area (TPSA) is 96.9 Å². The van der Waals surface area contributed by atoms with Crippen molar-refractivity contribution >= 4 is 21.8 Å². The maximum Gasteiger partial charge on any atom is 0.422 e. The second-order valence-electron chi connectivity index (χ2n) is 7.47. The minimum Gasteiger partial charge on any atom is -0.484 e. The molecule has 2 aromatic carbocycles. The van der Waals surface area contributed by atoms with Crippen LogP contribution in [0.1, 0.15) is 36.8 Å². The third-order valence-corrected chi connectivity index (χ3v) is 6.18. The predicted molar refractivity (Wildman–Crippen MR) is 116 cm³/mol. The molecule has 33 heavy (non-hydrogen) atoms. The minimum absolute atomic E-state index is 0.0906. The molecule has 3 rings (SSSR count). The van der Waals surface area contributed by atoms with Gasteiger partial charge in [-0.2, -0.15) is 13.2 Å². The van der Waals surface area contributed by atoms with Crippen molar-refractivity contribution in [2.75, 3.05) is 13.2 Å². The van der Waals surface area contributed by atoms with Gasteiger partial charge in [-0.15, -0.1) is 0 Å². The number of benzene rings is 2. The summed E-state index contributed by atoms with van der Waals surface area (Å²) in [6.07, 6.45) is -2.05. The molecule has 2 N–H and O–H groups in total. The van der Waals surface area contributed by atoms with E-state index in [9.17, 15) is 26.4 Å². The number of hydrogen-bond donors (Lipinski definition) is 2. The molecule has 7 nitrogen and oxygen atoms in total. The lowest BCUT2D eigenvalue weighted by Gasteiger charge is -2.10. The second kappa shape index (κ2) is 10.7. The number of hydrogen-bond acceptors (Lipinski definition) is 5. The molecule has 0 aliphatic carbocycles. The maximum absolute atomic E-state index is 12.2. The zero-order chi connectivity index (χ0) is 23.9. The molecule has 11 heteroatoms. The molecule has 1 aliphatic heterocycles. The summed E-state index contributed by atoms with van der Waals surface area (Å²) in [6, 6.07) is 12.8. The lowest BCUT2D eigenvalue weighted by Crippen LogP contribution is -2.23. The Morgan fingerprint density at radius 1 is 1.06 bits per heavy atom. The van der Waals surface area contributed by atoms with Crippen molar-refractivity contribution in [2.45, 2.75) is 43.3 Å². The number of sulfonamides is 1. The third-order valence-electron chi connectivity index (χ3n) is 4.79. The smallest absolute Gasteiger partial charge is 0.422 e. The highest BCUT2D eigenvalue weighted by Crippen LogP contribution is 2.22. The molecule has 0 spiro atoms. The lowest BCUT2D eigenvalue weighted by molar-refractivity contribution is -0.153. The average molecular weight is 484 g/mol. The number of amidine groups is 1. The van der Waals surface area contributed by atoms with Crippen LogP contribution in [-0.2, 0) is 21.4 Å². The van der Waals surface area contributed by atoms with Crippen LogP contribution in [0.15, 0.2) is 58.4 Å². The molecule has 1 amide bonds. The van der Waals surface area contributed by atoms with E-state index in [4.69, 9.17) is 4.74 Å². The summed E-state index contributed by atoms with van der Waals surface area (Å²) in [5.74, 6) is 0.262. The van der Waals surface area contributed by atoms with Crippen LogP contribution in [-0.4, -0.2) is 39.5 Å². The molecule has 178 valence electrons. The van der Waals surface area contributed by atoms with E-state index in [1.807, 2.05) is 0 Å². The van der Waals surface area contributed by atoms with Gasteiger partial charge in [-0.1, -0.05) is 30.7 Å². The Bertz CT molecular complexity index is 1120. The van der Waals surface area contributed by atoms with Crippen molar-refractivity contribution in [3.63, 3.8) is 0 Å². The molecule has 0 aromatic heterocycles. The highest BCUT2D eigenvalue weighted by Gasteiger charge is 2.30. The molecule has 1 heterocycles. The Labute approximate surface area is 190 Å². The zero-order valence-electron chi connectivity index (χ0n) is 17.7. The molecule has 0 fully saturated rings. The Morgan fingerprint density at radius 3 is 2.64 bits per heavy atom. The number of ether oxygens (including phenoxy) is 1. The van der Waals surface area contributed by atoms with Crippen LogP contribution >= 0.6 is 0 Å². The van der Waals surface area contributed by atoms with Crippen molar-refractivity contribution in [3.8, 4) is 5.75 Å². The molecule has 0 saturated carbocycles. The first-order valence-electron chi connectivity index (χ1n) is 10.4. The number of unbranched alkanes of at least 4 members (excludes halogenated alkanes) is 2. The summed E-state index contributed by atoms with van der Waals surface area (Å²) in [5, 5.41) is 2.73. The summed E-state index contributed by atoms with van der Waals surface area (Å²) in [5.41, 5.74) is 1.20. The number of nitrogens with zero attached hydrogens (tertiary/aromatic N) is 1. The number of amides is 1. The molecule has 1 aliphatic rings. The fourth-order valence-corrected chi connectivity index (χ4v) is 4.47. The van der Waals surface area contributed by atoms with Gasteiger partial charge in [-0.3, -0.25) is 14.5 Å². The largest absolute Gasteiger partial charge is 0.484 e. The first-order chi connectivity index (χ1) is 15.6. The van der Waals surface area contributed by atoms with Gasteiger partial charge in [0.25, 0.3) is 10.0 Å². The molecule has 0 saturated heterocycles. The van der Waals surface area contributed by atoms with Gasteiger partial charge in [0.1, 0.15) is 11.6 Å². The monoisotopic (exact) mass is 483 g/mol. The van der Waals surface area contributed by atoms with Gasteiger partial charge < -0.3 is 10.1 Å². The Hall–Kier alpha value is -3.08. The average Bonchev–Trinajstić information content (AvgIpc) is 3.03. The van der Waals surface area contributed by atoms with Crippen LogP contribution in [0, 0.1) is 0 Å². The Morgan fingerprint density at radius 2 is 1.85 bits per heavy atom. The minimum atomic E-state index is -4.41. The van der Waals surface area contributed by atoms with Crippen molar-refractivity contribution in [1.82, 2.24) is 10.0 Å². The number of nitrogens with one attached hydrogen (secondary N) is 2. The van der Waals surface area contributed by atoms with E-state index in [1.165, 1.54) is 18.2 Å². The third kappa shape index (κ3) is 7.48. The maximum atomic E-state index is 12.2. The van der Waals surface area contributed by atoms with E-state index >= 15 is 0 Å². The van der Waals surface area contributed by atoms with Crippen LogP contribution < -0.4 is 14.8 Å². The molecule has 0 radical (unpaired) electrons. The number of halogens is 3. The molecule has 0 atom stereocenters. The number of carbonyl (C=O) groups excluding carboxylic acids is 1. The zero-order valence-corrected chi connectivity index (χ0v) is 18.5. The predicted octanol–water partition coefficient (Wildman–Crippen LogP) is 3.54. The quantitative estimate of drug-likeness (QED) is 0.505. The van der Waals surface area contributed by atoms with Gasteiger partial charge in [-0.25, -0.2) is 8.42 Å². The first-order valence-corrected chi connectivity index (χ1v) is 11.8. The summed E-state index contributed by atoms with van der Waals surface area (Å²) in [7, 11) is -3.55. The van der Waals surface area contributed by atoms with Crippen LogP contribution in [0.25, 0.3) is 0 Å². The summed E-state index contributed by atoms with van der Waals surface area (Å²) in [4.78, 5) is 16.6. The fraction of sp³-hybridized carbons (Fsp3) is 0.364. The van der Waals surface area contributed by atoms with Crippen LogP contribution in [0.4, 0.5) is 13.2 Å². The standard InChI is InChI=1S/C22H24F3N3O4S/c23-22(24,25)15-32-17-8-6-7-16(13-17)14-27-20(29)11-2-1-5-12-26-21-18-9-3-4-10-19(18)33(30,31)28-21/h3-4,6-10,13H,1-2,5,11-12,14-15H2,(H,26,28)(H,27,29). The molecule has 0 unspecified atom stereocenters. The van der Waals surface area contributed by atoms with E-state index in [0.29, 0.717) is 42.8 Å². The normalized spacial score (nSPS) is 15.7. The highest BCUT2D eigenvalue weighted by molar-refractivity contribution is 7.90. The van der Waals surface area contributed by atoms with E-state index in [2.05, 4.69) is 15.0 Å². The number of fused-ring (bicyclic) bond motifs is 1. The molecule has 2 aromatic rings. The van der Waals surface area contributed by atoms with Crippen molar-refractivity contribution < 1.29 is 31.1 Å². The van der Waals surface area contributed by atoms with Gasteiger partial charge in [0, 0.05) is 25.1 Å². The number of rotatable bonds is 10. The summed E-state index contributed by atoms with van der Waals surface area (Å²) >= 11 is 0. The number of aliphatic imine (C=N–C) groups is 1. The van der Waals surface area contributed by atoms with Gasteiger partial charge in [0.2, 0.25) is 5.91 Å². The van der Waals surface area contributed by atoms with E-state index in [1.54, 1.807) is 30.3 Å². The highest BCUT2D eigenvalue weighted by atomic mass is 32.2. The Balaban J connectivity index is 1.34.